The van der Waals surface area contributed by atoms with Gasteiger partial charge in [0.25, 0.3) is 0 Å². The maximum Gasteiger partial charge on any atom is 0.408 e. The van der Waals surface area contributed by atoms with Gasteiger partial charge in [-0.3, -0.25) is 9.59 Å². The van der Waals surface area contributed by atoms with Gasteiger partial charge in [0.1, 0.15) is 23.4 Å². The van der Waals surface area contributed by atoms with E-state index in [-0.39, 0.29) is 36.6 Å². The molecule has 39 heavy (non-hydrogen) atoms. The fraction of sp³-hybridized carbons (Fsp3) is 0.516. The number of ether oxygens (including phenoxy) is 1. The van der Waals surface area contributed by atoms with E-state index in [9.17, 15) is 19.5 Å². The summed E-state index contributed by atoms with van der Waals surface area (Å²) in [6, 6.07) is 12.4. The number of likely N-dealkylation sites (N-methyl/N-ethyl adjacent to an activating group) is 1. The Bertz CT molecular complexity index is 1120. The summed E-state index contributed by atoms with van der Waals surface area (Å²) in [6.07, 6.45) is 4.62. The number of carbonyl (C=O) groups is 3. The molecule has 1 aliphatic carbocycles. The van der Waals surface area contributed by atoms with Crippen LogP contribution in [0.4, 0.5) is 4.79 Å². The molecule has 0 spiro atoms. The van der Waals surface area contributed by atoms with Crippen molar-refractivity contribution in [1.82, 2.24) is 15.5 Å². The Morgan fingerprint density at radius 1 is 1.05 bits per heavy atom. The number of nitrogens with zero attached hydrogens (tertiary/aromatic N) is 1. The first-order valence-electron chi connectivity index (χ1n) is 13.9. The molecule has 1 fully saturated rings. The summed E-state index contributed by atoms with van der Waals surface area (Å²) in [6.45, 7) is 9.31. The molecule has 8 heteroatoms. The summed E-state index contributed by atoms with van der Waals surface area (Å²) in [4.78, 5) is 42.3. The number of hydrogen-bond donors (Lipinski definition) is 3. The third-order valence-corrected chi connectivity index (χ3v) is 6.86. The molecule has 212 valence electrons. The summed E-state index contributed by atoms with van der Waals surface area (Å²) in [5, 5.41) is 15.7. The van der Waals surface area contributed by atoms with Gasteiger partial charge in [0.2, 0.25) is 11.8 Å². The van der Waals surface area contributed by atoms with Crippen molar-refractivity contribution in [2.24, 2.45) is 0 Å². The quantitative estimate of drug-likeness (QED) is 0.409. The number of rotatable bonds is 9. The van der Waals surface area contributed by atoms with Gasteiger partial charge in [-0.25, -0.2) is 4.79 Å². The predicted molar refractivity (Wildman–Crippen MR) is 151 cm³/mol. The van der Waals surface area contributed by atoms with Crippen LogP contribution in [0.1, 0.15) is 82.5 Å². The maximum atomic E-state index is 14.2. The van der Waals surface area contributed by atoms with Crippen molar-refractivity contribution < 1.29 is 24.2 Å². The monoisotopic (exact) mass is 537 g/mol. The highest BCUT2D eigenvalue weighted by atomic mass is 16.6. The number of aryl methyl sites for hydroxylation is 1. The van der Waals surface area contributed by atoms with Crippen molar-refractivity contribution in [2.75, 3.05) is 6.54 Å². The van der Waals surface area contributed by atoms with Crippen LogP contribution in [-0.4, -0.2) is 52.1 Å². The number of nitrogens with one attached hydrogen (secondary N) is 2. The zero-order valence-corrected chi connectivity index (χ0v) is 23.8. The second-order valence-corrected chi connectivity index (χ2v) is 11.4. The lowest BCUT2D eigenvalue weighted by atomic mass is 9.94. The fourth-order valence-corrected chi connectivity index (χ4v) is 5.02. The molecule has 0 heterocycles. The topological polar surface area (TPSA) is 108 Å². The van der Waals surface area contributed by atoms with E-state index in [1.165, 1.54) is 23.5 Å². The highest BCUT2D eigenvalue weighted by molar-refractivity contribution is 5.92. The Labute approximate surface area is 232 Å². The van der Waals surface area contributed by atoms with Crippen molar-refractivity contribution in [3.8, 4) is 5.75 Å². The summed E-state index contributed by atoms with van der Waals surface area (Å²) < 4.78 is 5.46. The van der Waals surface area contributed by atoms with Gasteiger partial charge in [0.05, 0.1) is 0 Å². The standard InChI is InChI=1S/C31H43N3O5/c1-6-34(27(23-12-10-11-21(2)19-23)28(36)32-24-13-8-7-9-14-24)29(37)26(33-30(38)39-31(3,4)5)20-22-15-17-25(35)18-16-22/h10-12,15-19,24,26-27,35H,6-9,13-14,20H2,1-5H3,(H,32,36)(H,33,38). The minimum absolute atomic E-state index is 0.0834. The van der Waals surface area contributed by atoms with Gasteiger partial charge in [-0.15, -0.1) is 0 Å². The molecule has 2 aromatic rings. The van der Waals surface area contributed by atoms with Gasteiger partial charge in [-0.1, -0.05) is 61.2 Å². The molecular weight excluding hydrogens is 494 g/mol. The molecule has 3 N–H and O–H groups in total. The van der Waals surface area contributed by atoms with Gasteiger partial charge < -0.3 is 25.4 Å². The third kappa shape index (κ3) is 9.01. The molecule has 0 radical (unpaired) electrons. The van der Waals surface area contributed by atoms with E-state index in [1.54, 1.807) is 32.9 Å². The van der Waals surface area contributed by atoms with Crippen molar-refractivity contribution >= 4 is 17.9 Å². The van der Waals surface area contributed by atoms with Crippen molar-refractivity contribution in [3.05, 3.63) is 65.2 Å². The van der Waals surface area contributed by atoms with E-state index in [1.807, 2.05) is 38.1 Å². The van der Waals surface area contributed by atoms with Crippen LogP contribution in [0.25, 0.3) is 0 Å². The van der Waals surface area contributed by atoms with E-state index in [2.05, 4.69) is 10.6 Å². The number of phenols is 1. The highest BCUT2D eigenvalue weighted by Gasteiger charge is 2.36. The molecule has 3 amide bonds. The van der Waals surface area contributed by atoms with Gasteiger partial charge in [0, 0.05) is 19.0 Å². The molecule has 2 aromatic carbocycles. The van der Waals surface area contributed by atoms with Crippen LogP contribution in [-0.2, 0) is 20.7 Å². The van der Waals surface area contributed by atoms with Crippen LogP contribution < -0.4 is 10.6 Å². The Kier molecular flexibility index (Phi) is 10.4. The number of benzene rings is 2. The van der Waals surface area contributed by atoms with Crippen LogP contribution in [0.3, 0.4) is 0 Å². The van der Waals surface area contributed by atoms with Crippen molar-refractivity contribution in [2.45, 2.75) is 96.9 Å². The van der Waals surface area contributed by atoms with Crippen molar-refractivity contribution in [3.63, 3.8) is 0 Å². The molecule has 2 unspecified atom stereocenters. The fourth-order valence-electron chi connectivity index (χ4n) is 5.02. The van der Waals surface area contributed by atoms with E-state index < -0.39 is 23.8 Å². The number of alkyl carbamates (subject to hydrolysis) is 1. The SMILES string of the molecule is CCN(C(=O)C(Cc1ccc(O)cc1)NC(=O)OC(C)(C)C)C(C(=O)NC1CCCCC1)c1cccc(C)c1. The van der Waals surface area contributed by atoms with Crippen LogP contribution in [0.15, 0.2) is 48.5 Å². The summed E-state index contributed by atoms with van der Waals surface area (Å²) in [5.41, 5.74) is 1.71. The van der Waals surface area contributed by atoms with Crippen LogP contribution in [0, 0.1) is 6.92 Å². The Morgan fingerprint density at radius 2 is 1.72 bits per heavy atom. The lowest BCUT2D eigenvalue weighted by Gasteiger charge is -2.35. The molecule has 0 aromatic heterocycles. The molecule has 1 saturated carbocycles. The first kappa shape index (κ1) is 30.0. The lowest BCUT2D eigenvalue weighted by Crippen LogP contribution is -2.54. The minimum atomic E-state index is -0.987. The average Bonchev–Trinajstić information content (AvgIpc) is 2.87. The largest absolute Gasteiger partial charge is 0.508 e. The Morgan fingerprint density at radius 3 is 2.31 bits per heavy atom. The molecule has 8 nitrogen and oxygen atoms in total. The van der Waals surface area contributed by atoms with Crippen LogP contribution in [0.2, 0.25) is 0 Å². The minimum Gasteiger partial charge on any atom is -0.508 e. The zero-order valence-electron chi connectivity index (χ0n) is 23.8. The van der Waals surface area contributed by atoms with E-state index >= 15 is 0 Å². The molecule has 0 saturated heterocycles. The van der Waals surface area contributed by atoms with Crippen LogP contribution >= 0.6 is 0 Å². The number of carbonyl (C=O) groups excluding carboxylic acids is 3. The van der Waals surface area contributed by atoms with Gasteiger partial charge in [-0.2, -0.15) is 0 Å². The maximum absolute atomic E-state index is 14.2. The number of phenolic OH excluding ortho intramolecular Hbond substituents is 1. The molecular formula is C31H43N3O5. The molecule has 2 atom stereocenters. The second-order valence-electron chi connectivity index (χ2n) is 11.4. The number of amides is 3. The molecule has 0 bridgehead atoms. The Hall–Kier alpha value is -3.55. The summed E-state index contributed by atoms with van der Waals surface area (Å²) in [7, 11) is 0. The summed E-state index contributed by atoms with van der Waals surface area (Å²) >= 11 is 0. The normalized spacial score (nSPS) is 15.6. The molecule has 0 aliphatic heterocycles. The molecule has 3 rings (SSSR count). The third-order valence-electron chi connectivity index (χ3n) is 6.86. The van der Waals surface area contributed by atoms with Gasteiger partial charge in [-0.05, 0) is 70.7 Å². The van der Waals surface area contributed by atoms with Crippen molar-refractivity contribution in [1.29, 1.82) is 0 Å². The van der Waals surface area contributed by atoms with E-state index in [0.29, 0.717) is 0 Å². The van der Waals surface area contributed by atoms with Gasteiger partial charge in [0.15, 0.2) is 0 Å². The predicted octanol–water partition coefficient (Wildman–Crippen LogP) is 5.18. The number of hydrogen-bond acceptors (Lipinski definition) is 5. The smallest absolute Gasteiger partial charge is 0.408 e. The first-order valence-corrected chi connectivity index (χ1v) is 13.9. The second kappa shape index (κ2) is 13.5. The van der Waals surface area contributed by atoms with Crippen LogP contribution in [0.5, 0.6) is 5.75 Å². The van der Waals surface area contributed by atoms with Gasteiger partial charge >= 0.3 is 6.09 Å². The lowest BCUT2D eigenvalue weighted by molar-refractivity contribution is -0.142. The summed E-state index contributed by atoms with van der Waals surface area (Å²) in [5.74, 6) is -0.499. The highest BCUT2D eigenvalue weighted by Crippen LogP contribution is 2.26. The first-order chi connectivity index (χ1) is 18.5. The van der Waals surface area contributed by atoms with E-state index in [4.69, 9.17) is 4.74 Å². The average molecular weight is 538 g/mol. The molecule has 1 aliphatic rings. The van der Waals surface area contributed by atoms with E-state index in [0.717, 1.165) is 42.4 Å². The number of aromatic hydroxyl groups is 1. The zero-order chi connectivity index (χ0) is 28.6. The Balaban J connectivity index is 1.95.